The summed E-state index contributed by atoms with van der Waals surface area (Å²) in [5.41, 5.74) is 3.00. The minimum atomic E-state index is -0.444. The van der Waals surface area contributed by atoms with E-state index in [1.54, 1.807) is 12.4 Å². The summed E-state index contributed by atoms with van der Waals surface area (Å²) in [4.78, 5) is 31.8. The summed E-state index contributed by atoms with van der Waals surface area (Å²) in [7, 11) is 0. The van der Waals surface area contributed by atoms with E-state index in [2.05, 4.69) is 41.5 Å². The lowest BCUT2D eigenvalue weighted by Gasteiger charge is -2.41. The number of hydrogen-bond donors (Lipinski definition) is 1. The fourth-order valence-electron chi connectivity index (χ4n) is 4.64. The van der Waals surface area contributed by atoms with Crippen molar-refractivity contribution in [1.29, 1.82) is 0 Å². The zero-order valence-electron chi connectivity index (χ0n) is 17.9. The van der Waals surface area contributed by atoms with E-state index >= 15 is 0 Å². The number of likely N-dealkylation sites (tertiary alicyclic amines) is 1. The van der Waals surface area contributed by atoms with E-state index in [4.69, 9.17) is 0 Å². The molecule has 30 heavy (non-hydrogen) atoms. The molecule has 2 atom stereocenters. The fraction of sp³-hybridized carbons (Fsp3) is 0.480. The number of carbonyl (C=O) groups is 2. The van der Waals surface area contributed by atoms with Crippen molar-refractivity contribution in [2.45, 2.75) is 39.5 Å². The second-order valence-electron chi connectivity index (χ2n) is 8.89. The second-order valence-corrected chi connectivity index (χ2v) is 8.89. The van der Waals surface area contributed by atoms with Crippen LogP contribution in [0.15, 0.2) is 48.8 Å². The molecule has 5 heteroatoms. The van der Waals surface area contributed by atoms with Gasteiger partial charge < -0.3 is 10.2 Å². The third-order valence-corrected chi connectivity index (χ3v) is 6.79. The van der Waals surface area contributed by atoms with E-state index in [-0.39, 0.29) is 17.7 Å². The molecule has 1 saturated carbocycles. The van der Waals surface area contributed by atoms with Gasteiger partial charge >= 0.3 is 0 Å². The molecule has 1 aromatic heterocycles. The van der Waals surface area contributed by atoms with Gasteiger partial charge in [0, 0.05) is 37.9 Å². The molecular weight excluding hydrogens is 374 g/mol. The van der Waals surface area contributed by atoms with Crippen LogP contribution in [0.25, 0.3) is 11.1 Å². The molecule has 0 bridgehead atoms. The smallest absolute Gasteiger partial charge is 0.226 e. The van der Waals surface area contributed by atoms with Crippen molar-refractivity contribution < 1.29 is 9.59 Å². The van der Waals surface area contributed by atoms with Gasteiger partial charge in [0.1, 0.15) is 0 Å². The van der Waals surface area contributed by atoms with Crippen LogP contribution >= 0.6 is 0 Å². The molecule has 2 aliphatic rings. The molecule has 1 aliphatic heterocycles. The second kappa shape index (κ2) is 8.58. The Kier molecular flexibility index (Phi) is 5.89. The lowest BCUT2D eigenvalue weighted by atomic mass is 9.72. The monoisotopic (exact) mass is 405 g/mol. The largest absolute Gasteiger partial charge is 0.356 e. The van der Waals surface area contributed by atoms with Gasteiger partial charge in [-0.05, 0) is 67.3 Å². The highest BCUT2D eigenvalue weighted by molar-refractivity contribution is 5.85. The van der Waals surface area contributed by atoms with E-state index in [9.17, 15) is 9.59 Å². The summed E-state index contributed by atoms with van der Waals surface area (Å²) >= 11 is 0. The van der Waals surface area contributed by atoms with Crippen molar-refractivity contribution in [3.8, 4) is 11.1 Å². The topological polar surface area (TPSA) is 62.3 Å². The summed E-state index contributed by atoms with van der Waals surface area (Å²) in [6.45, 7) is 6.08. The van der Waals surface area contributed by atoms with Crippen LogP contribution in [0.2, 0.25) is 0 Å². The highest BCUT2D eigenvalue weighted by Gasteiger charge is 2.46. The van der Waals surface area contributed by atoms with Crippen molar-refractivity contribution in [3.05, 3.63) is 54.4 Å². The zero-order valence-corrected chi connectivity index (χ0v) is 17.9. The Balaban J connectivity index is 1.48. The summed E-state index contributed by atoms with van der Waals surface area (Å²) < 4.78 is 0. The van der Waals surface area contributed by atoms with Crippen molar-refractivity contribution >= 4 is 11.8 Å². The van der Waals surface area contributed by atoms with E-state index in [1.165, 1.54) is 0 Å². The molecule has 2 fully saturated rings. The fourth-order valence-corrected chi connectivity index (χ4v) is 4.64. The lowest BCUT2D eigenvalue weighted by Crippen LogP contribution is -2.51. The third kappa shape index (κ3) is 4.25. The first-order valence-electron chi connectivity index (χ1n) is 11.1. The van der Waals surface area contributed by atoms with Crippen molar-refractivity contribution in [3.63, 3.8) is 0 Å². The Morgan fingerprint density at radius 2 is 1.67 bits per heavy atom. The Hall–Kier alpha value is -2.69. The molecule has 2 heterocycles. The Labute approximate surface area is 178 Å². The molecule has 0 spiro atoms. The SMILES string of the molecule is CCNC(=O)C1(Cc2ccc(-c3ccncc3)cc2)CCN(C(=O)[C@@H]2C[C@H]2C)CC1. The number of nitrogens with one attached hydrogen (secondary N) is 1. The number of aromatic nitrogens is 1. The number of carbonyl (C=O) groups excluding carboxylic acids is 2. The van der Waals surface area contributed by atoms with Gasteiger partial charge in [0.05, 0.1) is 5.41 Å². The Morgan fingerprint density at radius 1 is 1.07 bits per heavy atom. The first-order chi connectivity index (χ1) is 14.5. The minimum absolute atomic E-state index is 0.120. The molecule has 1 N–H and O–H groups in total. The van der Waals surface area contributed by atoms with Crippen molar-refractivity contribution in [1.82, 2.24) is 15.2 Å². The molecule has 5 nitrogen and oxygen atoms in total. The number of rotatable bonds is 6. The summed E-state index contributed by atoms with van der Waals surface area (Å²) in [5.74, 6) is 1.14. The van der Waals surface area contributed by atoms with Gasteiger partial charge in [-0.2, -0.15) is 0 Å². The highest BCUT2D eigenvalue weighted by Crippen LogP contribution is 2.42. The van der Waals surface area contributed by atoms with Crippen LogP contribution < -0.4 is 5.32 Å². The molecule has 1 saturated heterocycles. The molecule has 0 unspecified atom stereocenters. The number of piperidine rings is 1. The summed E-state index contributed by atoms with van der Waals surface area (Å²) in [5, 5.41) is 3.05. The van der Waals surface area contributed by atoms with Gasteiger partial charge in [0.2, 0.25) is 11.8 Å². The van der Waals surface area contributed by atoms with Gasteiger partial charge in [-0.25, -0.2) is 0 Å². The summed E-state index contributed by atoms with van der Waals surface area (Å²) in [6.07, 6.45) is 6.75. The number of hydrogen-bond acceptors (Lipinski definition) is 3. The molecule has 4 rings (SSSR count). The van der Waals surface area contributed by atoms with Crippen LogP contribution in [-0.4, -0.2) is 41.3 Å². The average Bonchev–Trinajstić information content (AvgIpc) is 3.51. The van der Waals surface area contributed by atoms with E-state index < -0.39 is 5.41 Å². The normalized spacial score (nSPS) is 22.4. The quantitative estimate of drug-likeness (QED) is 0.797. The summed E-state index contributed by atoms with van der Waals surface area (Å²) in [6, 6.07) is 12.5. The highest BCUT2D eigenvalue weighted by atomic mass is 16.2. The number of amides is 2. The molecule has 2 aromatic rings. The van der Waals surface area contributed by atoms with Crippen LogP contribution in [0.4, 0.5) is 0 Å². The predicted octanol–water partition coefficient (Wildman–Crippen LogP) is 3.69. The van der Waals surface area contributed by atoms with E-state index in [1.807, 2.05) is 24.0 Å². The standard InChI is InChI=1S/C25H31N3O2/c1-3-27-24(30)25(10-14-28(15-11-25)23(29)22-16-18(22)2)17-19-4-6-20(7-5-19)21-8-12-26-13-9-21/h4-9,12-13,18,22H,3,10-11,14-17H2,1-2H3,(H,27,30)/t18-,22-/m1/s1. The molecule has 158 valence electrons. The van der Waals surface area contributed by atoms with Gasteiger partial charge in [0.15, 0.2) is 0 Å². The van der Waals surface area contributed by atoms with Crippen LogP contribution in [-0.2, 0) is 16.0 Å². The van der Waals surface area contributed by atoms with Gasteiger partial charge in [-0.1, -0.05) is 31.2 Å². The van der Waals surface area contributed by atoms with Gasteiger partial charge in [-0.15, -0.1) is 0 Å². The van der Waals surface area contributed by atoms with Crippen LogP contribution in [0.5, 0.6) is 0 Å². The minimum Gasteiger partial charge on any atom is -0.356 e. The third-order valence-electron chi connectivity index (χ3n) is 6.79. The maximum Gasteiger partial charge on any atom is 0.226 e. The van der Waals surface area contributed by atoms with Gasteiger partial charge in [0.25, 0.3) is 0 Å². The first-order valence-corrected chi connectivity index (χ1v) is 11.1. The molecule has 1 aliphatic carbocycles. The van der Waals surface area contributed by atoms with Crippen LogP contribution in [0.1, 0.15) is 38.7 Å². The number of benzene rings is 1. The molecule has 2 amide bonds. The van der Waals surface area contributed by atoms with Gasteiger partial charge in [-0.3, -0.25) is 14.6 Å². The maximum absolute atomic E-state index is 13.1. The van der Waals surface area contributed by atoms with E-state index in [0.717, 1.165) is 36.0 Å². The Morgan fingerprint density at radius 3 is 2.23 bits per heavy atom. The zero-order chi connectivity index (χ0) is 21.1. The molecule has 1 aromatic carbocycles. The first kappa shape index (κ1) is 20.6. The van der Waals surface area contributed by atoms with Crippen molar-refractivity contribution in [2.24, 2.45) is 17.3 Å². The Bertz CT molecular complexity index is 886. The van der Waals surface area contributed by atoms with Crippen LogP contribution in [0.3, 0.4) is 0 Å². The average molecular weight is 406 g/mol. The molecular formula is C25H31N3O2. The predicted molar refractivity (Wildman–Crippen MR) is 118 cm³/mol. The molecule has 0 radical (unpaired) electrons. The van der Waals surface area contributed by atoms with Crippen molar-refractivity contribution in [2.75, 3.05) is 19.6 Å². The van der Waals surface area contributed by atoms with E-state index in [0.29, 0.717) is 32.0 Å². The maximum atomic E-state index is 13.1. The van der Waals surface area contributed by atoms with Crippen LogP contribution in [0, 0.1) is 17.3 Å². The lowest BCUT2D eigenvalue weighted by molar-refractivity contribution is -0.141. The number of pyridine rings is 1. The number of nitrogens with zero attached hydrogens (tertiary/aromatic N) is 2.